The molecule has 0 unspecified atom stereocenters. The van der Waals surface area contributed by atoms with Crippen molar-refractivity contribution in [1.82, 2.24) is 4.57 Å². The highest BCUT2D eigenvalue weighted by atomic mass is 15.0. The molecule has 1 heteroatoms. The van der Waals surface area contributed by atoms with Crippen molar-refractivity contribution in [1.29, 1.82) is 0 Å². The molecule has 0 amide bonds. The van der Waals surface area contributed by atoms with E-state index in [1.807, 2.05) is 0 Å². The van der Waals surface area contributed by atoms with Crippen LogP contribution in [0.25, 0.3) is 16.9 Å². The molecule has 1 aromatic heterocycles. The van der Waals surface area contributed by atoms with Gasteiger partial charge >= 0.3 is 0 Å². The van der Waals surface area contributed by atoms with Crippen LogP contribution in [-0.4, -0.2) is 4.57 Å². The number of rotatable bonds is 2. The Kier molecular flexibility index (Phi) is 2.96. The molecule has 0 radical (unpaired) electrons. The average molecular weight is 247 g/mol. The number of aromatic nitrogens is 1. The van der Waals surface area contributed by atoms with Crippen molar-refractivity contribution in [3.8, 4) is 16.9 Å². The first kappa shape index (κ1) is 11.8. The quantitative estimate of drug-likeness (QED) is 0.615. The fourth-order valence-electron chi connectivity index (χ4n) is 2.35. The van der Waals surface area contributed by atoms with Crippen LogP contribution in [0.4, 0.5) is 0 Å². The van der Waals surface area contributed by atoms with Gasteiger partial charge in [-0.1, -0.05) is 41.5 Å². The summed E-state index contributed by atoms with van der Waals surface area (Å²) in [7, 11) is 0. The van der Waals surface area contributed by atoms with Gasteiger partial charge in [-0.2, -0.15) is 0 Å². The second-order valence-corrected chi connectivity index (χ2v) is 4.97. The lowest BCUT2D eigenvalue weighted by Crippen LogP contribution is -1.95. The Balaban J connectivity index is 2.10. The van der Waals surface area contributed by atoms with Gasteiger partial charge in [-0.05, 0) is 49.7 Å². The molecule has 3 aromatic rings. The first-order valence-electron chi connectivity index (χ1n) is 6.55. The lowest BCUT2D eigenvalue weighted by atomic mass is 10.1. The maximum absolute atomic E-state index is 2.23. The summed E-state index contributed by atoms with van der Waals surface area (Å²) >= 11 is 0. The summed E-state index contributed by atoms with van der Waals surface area (Å²) in [6.07, 6.45) is 2.11. The van der Waals surface area contributed by atoms with Crippen LogP contribution in [0.15, 0.2) is 66.9 Å². The van der Waals surface area contributed by atoms with E-state index in [1.54, 1.807) is 0 Å². The van der Waals surface area contributed by atoms with E-state index < -0.39 is 0 Å². The molecule has 2 aromatic carbocycles. The number of hydrogen-bond donors (Lipinski definition) is 0. The van der Waals surface area contributed by atoms with Crippen LogP contribution in [0.2, 0.25) is 0 Å². The molecule has 0 saturated carbocycles. The van der Waals surface area contributed by atoms with Crippen molar-refractivity contribution < 1.29 is 0 Å². The van der Waals surface area contributed by atoms with Gasteiger partial charge in [0.1, 0.15) is 0 Å². The molecular formula is C18H17N. The summed E-state index contributed by atoms with van der Waals surface area (Å²) < 4.78 is 2.23. The van der Waals surface area contributed by atoms with Crippen molar-refractivity contribution in [3.63, 3.8) is 0 Å². The van der Waals surface area contributed by atoms with Gasteiger partial charge in [0.2, 0.25) is 0 Å². The molecule has 0 fully saturated rings. The third kappa shape index (κ3) is 2.32. The molecule has 0 aliphatic carbocycles. The van der Waals surface area contributed by atoms with E-state index in [0.717, 1.165) is 0 Å². The Morgan fingerprint density at radius 2 is 1.53 bits per heavy atom. The van der Waals surface area contributed by atoms with Crippen LogP contribution in [0, 0.1) is 13.8 Å². The Bertz CT molecular complexity index is 690. The Hall–Kier alpha value is -2.28. The predicted molar refractivity (Wildman–Crippen MR) is 80.7 cm³/mol. The van der Waals surface area contributed by atoms with Gasteiger partial charge in [0.05, 0.1) is 5.69 Å². The standard InChI is InChI=1S/C18H17N/c1-14-8-10-17(11-9-14)19-12-4-7-18(19)16-6-3-5-15(2)13-16/h3-13H,1-2H3. The Morgan fingerprint density at radius 1 is 0.737 bits per heavy atom. The zero-order valence-corrected chi connectivity index (χ0v) is 11.3. The zero-order valence-electron chi connectivity index (χ0n) is 11.3. The zero-order chi connectivity index (χ0) is 13.2. The maximum Gasteiger partial charge on any atom is 0.0528 e. The molecule has 1 nitrogen and oxygen atoms in total. The number of aryl methyl sites for hydroxylation is 2. The van der Waals surface area contributed by atoms with Crippen molar-refractivity contribution >= 4 is 0 Å². The highest BCUT2D eigenvalue weighted by Crippen LogP contribution is 2.24. The fourth-order valence-corrected chi connectivity index (χ4v) is 2.35. The highest BCUT2D eigenvalue weighted by Gasteiger charge is 2.05. The normalized spacial score (nSPS) is 10.6. The van der Waals surface area contributed by atoms with Gasteiger partial charge < -0.3 is 4.57 Å². The largest absolute Gasteiger partial charge is 0.317 e. The first-order valence-corrected chi connectivity index (χ1v) is 6.55. The summed E-state index contributed by atoms with van der Waals surface area (Å²) in [5.41, 5.74) is 6.26. The van der Waals surface area contributed by atoms with Gasteiger partial charge in [0.15, 0.2) is 0 Å². The average Bonchev–Trinajstić information content (AvgIpc) is 2.89. The molecule has 0 aliphatic heterocycles. The number of nitrogens with zero attached hydrogens (tertiary/aromatic N) is 1. The molecule has 1 heterocycles. The Labute approximate surface area is 114 Å². The second-order valence-electron chi connectivity index (χ2n) is 4.97. The molecule has 0 aliphatic rings. The van der Waals surface area contributed by atoms with E-state index in [1.165, 1.54) is 28.1 Å². The summed E-state index contributed by atoms with van der Waals surface area (Å²) in [6.45, 7) is 4.24. The van der Waals surface area contributed by atoms with Crippen LogP contribution in [-0.2, 0) is 0 Å². The van der Waals surface area contributed by atoms with Gasteiger partial charge in [0, 0.05) is 11.9 Å². The molecular weight excluding hydrogens is 230 g/mol. The molecule has 0 spiro atoms. The third-order valence-corrected chi connectivity index (χ3v) is 3.37. The third-order valence-electron chi connectivity index (χ3n) is 3.37. The van der Waals surface area contributed by atoms with Crippen LogP contribution >= 0.6 is 0 Å². The van der Waals surface area contributed by atoms with Crippen molar-refractivity contribution in [3.05, 3.63) is 78.0 Å². The molecule has 3 rings (SSSR count). The predicted octanol–water partition coefficient (Wildman–Crippen LogP) is 4.76. The molecule has 94 valence electrons. The minimum absolute atomic E-state index is 1.20. The van der Waals surface area contributed by atoms with Gasteiger partial charge in [-0.15, -0.1) is 0 Å². The van der Waals surface area contributed by atoms with E-state index >= 15 is 0 Å². The molecule has 0 bridgehead atoms. The van der Waals surface area contributed by atoms with Crippen LogP contribution < -0.4 is 0 Å². The van der Waals surface area contributed by atoms with Crippen LogP contribution in [0.5, 0.6) is 0 Å². The minimum Gasteiger partial charge on any atom is -0.317 e. The Morgan fingerprint density at radius 3 is 2.26 bits per heavy atom. The second kappa shape index (κ2) is 4.77. The maximum atomic E-state index is 2.23. The van der Waals surface area contributed by atoms with Crippen molar-refractivity contribution in [2.24, 2.45) is 0 Å². The van der Waals surface area contributed by atoms with Crippen LogP contribution in [0.1, 0.15) is 11.1 Å². The monoisotopic (exact) mass is 247 g/mol. The smallest absolute Gasteiger partial charge is 0.0528 e. The van der Waals surface area contributed by atoms with Gasteiger partial charge in [-0.25, -0.2) is 0 Å². The molecule has 0 N–H and O–H groups in total. The highest BCUT2D eigenvalue weighted by molar-refractivity contribution is 5.63. The topological polar surface area (TPSA) is 4.93 Å². The summed E-state index contributed by atoms with van der Waals surface area (Å²) in [4.78, 5) is 0. The first-order chi connectivity index (χ1) is 9.24. The van der Waals surface area contributed by atoms with E-state index in [4.69, 9.17) is 0 Å². The van der Waals surface area contributed by atoms with Gasteiger partial charge in [0.25, 0.3) is 0 Å². The van der Waals surface area contributed by atoms with Crippen molar-refractivity contribution in [2.45, 2.75) is 13.8 Å². The lowest BCUT2D eigenvalue weighted by molar-refractivity contribution is 1.08. The number of hydrogen-bond acceptors (Lipinski definition) is 0. The van der Waals surface area contributed by atoms with E-state index in [0.29, 0.717) is 0 Å². The van der Waals surface area contributed by atoms with E-state index in [-0.39, 0.29) is 0 Å². The lowest BCUT2D eigenvalue weighted by Gasteiger charge is -2.10. The minimum atomic E-state index is 1.20. The fraction of sp³-hybridized carbons (Fsp3) is 0.111. The van der Waals surface area contributed by atoms with Crippen molar-refractivity contribution in [2.75, 3.05) is 0 Å². The SMILES string of the molecule is Cc1ccc(-n2cccc2-c2cccc(C)c2)cc1. The molecule has 0 saturated heterocycles. The summed E-state index contributed by atoms with van der Waals surface area (Å²) in [6, 6.07) is 21.5. The summed E-state index contributed by atoms with van der Waals surface area (Å²) in [5.74, 6) is 0. The summed E-state index contributed by atoms with van der Waals surface area (Å²) in [5, 5.41) is 0. The van der Waals surface area contributed by atoms with Crippen LogP contribution in [0.3, 0.4) is 0 Å². The van der Waals surface area contributed by atoms with Gasteiger partial charge in [-0.3, -0.25) is 0 Å². The van der Waals surface area contributed by atoms with E-state index in [9.17, 15) is 0 Å². The molecule has 0 atom stereocenters. The molecule has 19 heavy (non-hydrogen) atoms. The van der Waals surface area contributed by atoms with E-state index in [2.05, 4.69) is 85.3 Å². The number of benzene rings is 2.